The molecule has 0 aliphatic heterocycles. The topological polar surface area (TPSA) is 64.5 Å². The van der Waals surface area contributed by atoms with Crippen LogP contribution in [0, 0.1) is 24.2 Å². The molecule has 1 rings (SSSR count). The van der Waals surface area contributed by atoms with E-state index in [9.17, 15) is 0 Å². The van der Waals surface area contributed by atoms with E-state index >= 15 is 0 Å². The molecule has 0 saturated carbocycles. The van der Waals surface area contributed by atoms with Crippen molar-refractivity contribution in [3.05, 3.63) is 17.7 Å². The van der Waals surface area contributed by atoms with Crippen molar-refractivity contribution in [2.75, 3.05) is 6.54 Å². The summed E-state index contributed by atoms with van der Waals surface area (Å²) in [6, 6.07) is 2.17. The molecule has 2 N–H and O–H groups in total. The summed E-state index contributed by atoms with van der Waals surface area (Å²) >= 11 is 0. The van der Waals surface area contributed by atoms with E-state index in [4.69, 9.17) is 5.26 Å². The maximum atomic E-state index is 8.53. The van der Waals surface area contributed by atoms with Gasteiger partial charge in [0.05, 0.1) is 24.0 Å². The molecule has 70 valence electrons. The fourth-order valence-corrected chi connectivity index (χ4v) is 1.02. The van der Waals surface area contributed by atoms with Crippen LogP contribution in [0.2, 0.25) is 0 Å². The van der Waals surface area contributed by atoms with Gasteiger partial charge in [-0.1, -0.05) is 0 Å². The highest BCUT2D eigenvalue weighted by molar-refractivity contribution is 5.07. The van der Waals surface area contributed by atoms with E-state index in [1.54, 1.807) is 6.33 Å². The van der Waals surface area contributed by atoms with Crippen LogP contribution in [0.4, 0.5) is 0 Å². The lowest BCUT2D eigenvalue weighted by Gasteiger charge is -2.03. The summed E-state index contributed by atoms with van der Waals surface area (Å²) in [4.78, 5) is 7.14. The lowest BCUT2D eigenvalue weighted by Crippen LogP contribution is -2.20. The van der Waals surface area contributed by atoms with Crippen molar-refractivity contribution in [3.63, 3.8) is 0 Å². The number of nitrogens with zero attached hydrogens (tertiary/aromatic N) is 2. The largest absolute Gasteiger partial charge is 0.348 e. The van der Waals surface area contributed by atoms with E-state index in [1.165, 1.54) is 0 Å². The third kappa shape index (κ3) is 2.88. The Morgan fingerprint density at radius 2 is 2.54 bits per heavy atom. The van der Waals surface area contributed by atoms with Crippen molar-refractivity contribution in [1.82, 2.24) is 15.3 Å². The van der Waals surface area contributed by atoms with Gasteiger partial charge in [-0.15, -0.1) is 0 Å². The first kappa shape index (κ1) is 9.75. The fraction of sp³-hybridized carbons (Fsp3) is 0.556. The van der Waals surface area contributed by atoms with Crippen LogP contribution in [0.1, 0.15) is 18.3 Å². The van der Waals surface area contributed by atoms with E-state index in [0.29, 0.717) is 6.54 Å². The van der Waals surface area contributed by atoms with E-state index in [1.807, 2.05) is 13.8 Å². The predicted octanol–water partition coefficient (Wildman–Crippen LogP) is 0.967. The monoisotopic (exact) mass is 178 g/mol. The lowest BCUT2D eigenvalue weighted by atomic mass is 10.2. The second kappa shape index (κ2) is 4.63. The summed E-state index contributed by atoms with van der Waals surface area (Å²) in [5.74, 6) is 0.0549. The Bertz CT molecular complexity index is 297. The Kier molecular flexibility index (Phi) is 3.47. The van der Waals surface area contributed by atoms with Crippen LogP contribution in [0.3, 0.4) is 0 Å². The SMILES string of the molecule is Cc1[nH]cnc1CNCC(C)C#N. The van der Waals surface area contributed by atoms with E-state index in [2.05, 4.69) is 21.4 Å². The molecule has 0 aromatic carbocycles. The summed E-state index contributed by atoms with van der Waals surface area (Å²) in [5, 5.41) is 11.7. The van der Waals surface area contributed by atoms with Gasteiger partial charge in [0.2, 0.25) is 0 Å². The van der Waals surface area contributed by atoms with Crippen molar-refractivity contribution >= 4 is 0 Å². The standard InChI is InChI=1S/C9H14N4/c1-7(3-10)4-11-5-9-8(2)12-6-13-9/h6-7,11H,4-5H2,1-2H3,(H,12,13). The number of hydrogen-bond donors (Lipinski definition) is 2. The first-order chi connectivity index (χ1) is 6.24. The Morgan fingerprint density at radius 1 is 1.77 bits per heavy atom. The maximum Gasteiger partial charge on any atom is 0.0925 e. The number of rotatable bonds is 4. The first-order valence-corrected chi connectivity index (χ1v) is 4.33. The van der Waals surface area contributed by atoms with Crippen molar-refractivity contribution in [3.8, 4) is 6.07 Å². The molecule has 0 saturated heterocycles. The molecule has 4 heteroatoms. The number of aromatic nitrogens is 2. The van der Waals surface area contributed by atoms with Crippen LogP contribution in [0.25, 0.3) is 0 Å². The number of H-pyrrole nitrogens is 1. The van der Waals surface area contributed by atoms with Gasteiger partial charge in [-0.3, -0.25) is 0 Å². The number of aromatic amines is 1. The number of aryl methyl sites for hydroxylation is 1. The average Bonchev–Trinajstić information content (AvgIpc) is 2.52. The molecular weight excluding hydrogens is 164 g/mol. The predicted molar refractivity (Wildman–Crippen MR) is 49.8 cm³/mol. The van der Waals surface area contributed by atoms with E-state index in [-0.39, 0.29) is 5.92 Å². The lowest BCUT2D eigenvalue weighted by molar-refractivity contribution is 0.595. The maximum absolute atomic E-state index is 8.53. The van der Waals surface area contributed by atoms with Crippen LogP contribution in [-0.2, 0) is 6.54 Å². The minimum atomic E-state index is 0.0549. The quantitative estimate of drug-likeness (QED) is 0.722. The van der Waals surface area contributed by atoms with Crippen LogP contribution < -0.4 is 5.32 Å². The molecule has 0 aliphatic carbocycles. The van der Waals surface area contributed by atoms with Crippen LogP contribution in [-0.4, -0.2) is 16.5 Å². The third-order valence-corrected chi connectivity index (χ3v) is 1.90. The molecule has 1 aromatic heterocycles. The molecule has 13 heavy (non-hydrogen) atoms. The van der Waals surface area contributed by atoms with Crippen molar-refractivity contribution < 1.29 is 0 Å². The fourth-order valence-electron chi connectivity index (χ4n) is 1.02. The number of nitrogens with one attached hydrogen (secondary N) is 2. The summed E-state index contributed by atoms with van der Waals surface area (Å²) in [5.41, 5.74) is 2.10. The normalized spacial score (nSPS) is 12.4. The Labute approximate surface area is 78.0 Å². The third-order valence-electron chi connectivity index (χ3n) is 1.90. The minimum Gasteiger partial charge on any atom is -0.348 e. The molecule has 1 unspecified atom stereocenters. The zero-order valence-electron chi connectivity index (χ0n) is 7.96. The Morgan fingerprint density at radius 3 is 3.08 bits per heavy atom. The Hall–Kier alpha value is -1.34. The highest BCUT2D eigenvalue weighted by atomic mass is 14.9. The summed E-state index contributed by atoms with van der Waals surface area (Å²) in [6.07, 6.45) is 1.68. The van der Waals surface area contributed by atoms with Crippen molar-refractivity contribution in [2.45, 2.75) is 20.4 Å². The van der Waals surface area contributed by atoms with Gasteiger partial charge in [0, 0.05) is 18.8 Å². The summed E-state index contributed by atoms with van der Waals surface area (Å²) in [6.45, 7) is 5.31. The first-order valence-electron chi connectivity index (χ1n) is 4.33. The average molecular weight is 178 g/mol. The molecule has 1 aromatic rings. The minimum absolute atomic E-state index is 0.0549. The molecular formula is C9H14N4. The molecule has 0 radical (unpaired) electrons. The van der Waals surface area contributed by atoms with Gasteiger partial charge in [-0.2, -0.15) is 5.26 Å². The van der Waals surface area contributed by atoms with Gasteiger partial charge in [-0.05, 0) is 13.8 Å². The molecule has 0 aliphatic rings. The van der Waals surface area contributed by atoms with Gasteiger partial charge in [0.25, 0.3) is 0 Å². The number of nitriles is 1. The zero-order chi connectivity index (χ0) is 9.68. The molecule has 0 bridgehead atoms. The molecule has 0 spiro atoms. The zero-order valence-corrected chi connectivity index (χ0v) is 7.96. The smallest absolute Gasteiger partial charge is 0.0925 e. The van der Waals surface area contributed by atoms with Gasteiger partial charge in [0.1, 0.15) is 0 Å². The van der Waals surface area contributed by atoms with Gasteiger partial charge in [-0.25, -0.2) is 4.98 Å². The second-order valence-electron chi connectivity index (χ2n) is 3.14. The molecule has 1 heterocycles. The van der Waals surface area contributed by atoms with E-state index < -0.39 is 0 Å². The number of imidazole rings is 1. The molecule has 4 nitrogen and oxygen atoms in total. The molecule has 0 amide bonds. The van der Waals surface area contributed by atoms with Crippen LogP contribution >= 0.6 is 0 Å². The van der Waals surface area contributed by atoms with Crippen LogP contribution in [0.5, 0.6) is 0 Å². The second-order valence-corrected chi connectivity index (χ2v) is 3.14. The summed E-state index contributed by atoms with van der Waals surface area (Å²) in [7, 11) is 0. The highest BCUT2D eigenvalue weighted by Gasteiger charge is 2.01. The van der Waals surface area contributed by atoms with Gasteiger partial charge < -0.3 is 10.3 Å². The highest BCUT2D eigenvalue weighted by Crippen LogP contribution is 1.99. The Balaban J connectivity index is 2.29. The summed E-state index contributed by atoms with van der Waals surface area (Å²) < 4.78 is 0. The van der Waals surface area contributed by atoms with Crippen LogP contribution in [0.15, 0.2) is 6.33 Å². The number of hydrogen-bond acceptors (Lipinski definition) is 3. The molecule has 0 fully saturated rings. The molecule has 1 atom stereocenters. The van der Waals surface area contributed by atoms with Crippen molar-refractivity contribution in [2.24, 2.45) is 5.92 Å². The van der Waals surface area contributed by atoms with E-state index in [0.717, 1.165) is 17.9 Å². The van der Waals surface area contributed by atoms with Gasteiger partial charge >= 0.3 is 0 Å². The van der Waals surface area contributed by atoms with Gasteiger partial charge in [0.15, 0.2) is 0 Å². The van der Waals surface area contributed by atoms with Crippen molar-refractivity contribution in [1.29, 1.82) is 5.26 Å².